The molecule has 0 aliphatic carbocycles. The van der Waals surface area contributed by atoms with Crippen LogP contribution in [0.15, 0.2) is 24.3 Å². The molecule has 2 rings (SSSR count). The number of carbonyl (C=O) groups excluding carboxylic acids is 2. The molecule has 0 saturated carbocycles. The van der Waals surface area contributed by atoms with E-state index in [-0.39, 0.29) is 11.8 Å². The van der Waals surface area contributed by atoms with Crippen molar-refractivity contribution in [2.75, 3.05) is 36.4 Å². The number of hydrogen-bond acceptors (Lipinski definition) is 4. The van der Waals surface area contributed by atoms with Crippen molar-refractivity contribution in [2.45, 2.75) is 33.1 Å². The van der Waals surface area contributed by atoms with E-state index in [4.69, 9.17) is 12.2 Å². The maximum atomic E-state index is 11.8. The van der Waals surface area contributed by atoms with Crippen LogP contribution in [-0.2, 0) is 9.59 Å². The van der Waals surface area contributed by atoms with Crippen LogP contribution in [-0.4, -0.2) is 48.0 Å². The molecule has 2 N–H and O–H groups in total. The summed E-state index contributed by atoms with van der Waals surface area (Å²) in [5.74, 6) is 0.120. The summed E-state index contributed by atoms with van der Waals surface area (Å²) in [6, 6.07) is 7.87. The number of amides is 2. The van der Waals surface area contributed by atoms with Crippen LogP contribution in [0.4, 0.5) is 11.4 Å². The van der Waals surface area contributed by atoms with E-state index < -0.39 is 0 Å². The Kier molecular flexibility index (Phi) is 7.18. The molecule has 1 saturated heterocycles. The first-order chi connectivity index (χ1) is 12.0. The first-order valence-corrected chi connectivity index (χ1v) is 9.18. The van der Waals surface area contributed by atoms with Crippen molar-refractivity contribution in [1.82, 2.24) is 10.2 Å². The van der Waals surface area contributed by atoms with Gasteiger partial charge in [-0.05, 0) is 30.8 Å². The Morgan fingerprint density at radius 1 is 1.12 bits per heavy atom. The SMILES string of the molecule is CCCC(=O)NC(=S)Nc1ccccc1N1CCN(C(=O)CC)CC1. The highest BCUT2D eigenvalue weighted by atomic mass is 32.1. The van der Waals surface area contributed by atoms with Gasteiger partial charge in [-0.25, -0.2) is 0 Å². The van der Waals surface area contributed by atoms with E-state index in [2.05, 4.69) is 15.5 Å². The van der Waals surface area contributed by atoms with E-state index in [0.29, 0.717) is 18.0 Å². The third-order valence-electron chi connectivity index (χ3n) is 4.16. The van der Waals surface area contributed by atoms with E-state index in [1.807, 2.05) is 43.0 Å². The first kappa shape index (κ1) is 19.2. The number of thiocarbonyl (C=S) groups is 1. The number of benzene rings is 1. The van der Waals surface area contributed by atoms with Crippen molar-refractivity contribution in [3.63, 3.8) is 0 Å². The van der Waals surface area contributed by atoms with Gasteiger partial charge in [-0.2, -0.15) is 0 Å². The quantitative estimate of drug-likeness (QED) is 0.787. The van der Waals surface area contributed by atoms with Crippen LogP contribution < -0.4 is 15.5 Å². The minimum Gasteiger partial charge on any atom is -0.366 e. The molecule has 6 nitrogen and oxygen atoms in total. The van der Waals surface area contributed by atoms with Gasteiger partial charge >= 0.3 is 0 Å². The zero-order valence-electron chi connectivity index (χ0n) is 14.9. The van der Waals surface area contributed by atoms with E-state index in [0.717, 1.165) is 44.0 Å². The van der Waals surface area contributed by atoms with Crippen LogP contribution in [0.3, 0.4) is 0 Å². The highest BCUT2D eigenvalue weighted by Crippen LogP contribution is 2.26. The van der Waals surface area contributed by atoms with Gasteiger partial charge in [0.05, 0.1) is 11.4 Å². The first-order valence-electron chi connectivity index (χ1n) is 8.77. The van der Waals surface area contributed by atoms with Gasteiger partial charge < -0.3 is 20.4 Å². The van der Waals surface area contributed by atoms with Crippen molar-refractivity contribution in [3.05, 3.63) is 24.3 Å². The normalized spacial score (nSPS) is 14.2. The maximum absolute atomic E-state index is 11.8. The standard InChI is InChI=1S/C18H26N4O2S/c1-3-7-16(23)20-18(25)19-14-8-5-6-9-15(14)21-10-12-22(13-11-21)17(24)4-2/h5-6,8-9H,3-4,7,10-13H2,1-2H3,(H2,19,20,23,25). The molecule has 0 aromatic heterocycles. The molecule has 1 aliphatic rings. The minimum atomic E-state index is -0.0795. The summed E-state index contributed by atoms with van der Waals surface area (Å²) in [4.78, 5) is 27.6. The Hall–Kier alpha value is -2.15. The molecule has 1 aromatic carbocycles. The van der Waals surface area contributed by atoms with Crippen molar-refractivity contribution in [3.8, 4) is 0 Å². The predicted octanol–water partition coefficient (Wildman–Crippen LogP) is 2.36. The molecule has 25 heavy (non-hydrogen) atoms. The van der Waals surface area contributed by atoms with Crippen LogP contribution in [0.25, 0.3) is 0 Å². The number of carbonyl (C=O) groups is 2. The van der Waals surface area contributed by atoms with Gasteiger partial charge in [-0.15, -0.1) is 0 Å². The minimum absolute atomic E-state index is 0.0795. The third kappa shape index (κ3) is 5.42. The average Bonchev–Trinajstić information content (AvgIpc) is 2.61. The summed E-state index contributed by atoms with van der Waals surface area (Å²) >= 11 is 5.24. The highest BCUT2D eigenvalue weighted by Gasteiger charge is 2.21. The molecule has 0 radical (unpaired) electrons. The van der Waals surface area contributed by atoms with Crippen LogP contribution in [0.2, 0.25) is 0 Å². The fourth-order valence-corrected chi connectivity index (χ4v) is 3.07. The summed E-state index contributed by atoms with van der Waals surface area (Å²) < 4.78 is 0. The lowest BCUT2D eigenvalue weighted by Crippen LogP contribution is -2.48. The van der Waals surface area contributed by atoms with Gasteiger partial charge in [0.15, 0.2) is 5.11 Å². The number of nitrogens with one attached hydrogen (secondary N) is 2. The van der Waals surface area contributed by atoms with E-state index in [1.165, 1.54) is 0 Å². The Bertz CT molecular complexity index is 627. The van der Waals surface area contributed by atoms with Crippen molar-refractivity contribution in [1.29, 1.82) is 0 Å². The molecule has 7 heteroatoms. The predicted molar refractivity (Wildman–Crippen MR) is 105 cm³/mol. The Balaban J connectivity index is 2.00. The summed E-state index contributed by atoms with van der Waals surface area (Å²) in [5.41, 5.74) is 1.89. The molecule has 136 valence electrons. The number of piperazine rings is 1. The van der Waals surface area contributed by atoms with Gasteiger partial charge in [0.2, 0.25) is 11.8 Å². The zero-order chi connectivity index (χ0) is 18.2. The van der Waals surface area contributed by atoms with E-state index in [9.17, 15) is 9.59 Å². The van der Waals surface area contributed by atoms with Gasteiger partial charge in [-0.1, -0.05) is 26.0 Å². The maximum Gasteiger partial charge on any atom is 0.226 e. The third-order valence-corrected chi connectivity index (χ3v) is 4.36. The summed E-state index contributed by atoms with van der Waals surface area (Å²) in [6.07, 6.45) is 1.78. The van der Waals surface area contributed by atoms with Gasteiger partial charge in [0.1, 0.15) is 0 Å². The highest BCUT2D eigenvalue weighted by molar-refractivity contribution is 7.80. The summed E-state index contributed by atoms with van der Waals surface area (Å²) in [7, 11) is 0. The Labute approximate surface area is 154 Å². The van der Waals surface area contributed by atoms with Gasteiger partial charge in [-0.3, -0.25) is 9.59 Å². The fourth-order valence-electron chi connectivity index (χ4n) is 2.85. The smallest absolute Gasteiger partial charge is 0.226 e. The fraction of sp³-hybridized carbons (Fsp3) is 0.500. The largest absolute Gasteiger partial charge is 0.366 e. The molecule has 2 amide bonds. The van der Waals surface area contributed by atoms with Crippen LogP contribution in [0.1, 0.15) is 33.1 Å². The second-order valence-electron chi connectivity index (χ2n) is 5.99. The molecule has 1 aromatic rings. The topological polar surface area (TPSA) is 64.7 Å². The molecular weight excluding hydrogens is 336 g/mol. The van der Waals surface area contributed by atoms with Crippen molar-refractivity contribution in [2.24, 2.45) is 0 Å². The summed E-state index contributed by atoms with van der Waals surface area (Å²) in [6.45, 7) is 6.84. The lowest BCUT2D eigenvalue weighted by Gasteiger charge is -2.37. The van der Waals surface area contributed by atoms with Crippen LogP contribution in [0.5, 0.6) is 0 Å². The van der Waals surface area contributed by atoms with Gasteiger partial charge in [0.25, 0.3) is 0 Å². The molecule has 1 fully saturated rings. The molecule has 1 aliphatic heterocycles. The number of hydrogen-bond donors (Lipinski definition) is 2. The molecule has 1 heterocycles. The lowest BCUT2D eigenvalue weighted by molar-refractivity contribution is -0.131. The van der Waals surface area contributed by atoms with Crippen molar-refractivity contribution < 1.29 is 9.59 Å². The summed E-state index contributed by atoms with van der Waals surface area (Å²) in [5, 5.41) is 6.13. The zero-order valence-corrected chi connectivity index (χ0v) is 15.7. The van der Waals surface area contributed by atoms with Crippen LogP contribution in [0, 0.1) is 0 Å². The Morgan fingerprint density at radius 2 is 1.80 bits per heavy atom. The van der Waals surface area contributed by atoms with Crippen molar-refractivity contribution >= 4 is 40.5 Å². The molecule has 0 spiro atoms. The molecule has 0 bridgehead atoms. The number of nitrogens with zero attached hydrogens (tertiary/aromatic N) is 2. The lowest BCUT2D eigenvalue weighted by atomic mass is 10.2. The molecule has 0 atom stereocenters. The monoisotopic (exact) mass is 362 g/mol. The number of para-hydroxylation sites is 2. The molecular formula is C18H26N4O2S. The number of rotatable bonds is 5. The second-order valence-corrected chi connectivity index (χ2v) is 6.40. The molecule has 0 unspecified atom stereocenters. The Morgan fingerprint density at radius 3 is 2.44 bits per heavy atom. The van der Waals surface area contributed by atoms with E-state index in [1.54, 1.807) is 0 Å². The van der Waals surface area contributed by atoms with E-state index >= 15 is 0 Å². The van der Waals surface area contributed by atoms with Crippen LogP contribution >= 0.6 is 12.2 Å². The second kappa shape index (κ2) is 9.36. The number of anilines is 2. The van der Waals surface area contributed by atoms with Gasteiger partial charge in [0, 0.05) is 39.0 Å². The average molecular weight is 362 g/mol.